The minimum Gasteiger partial charge on any atom is -0.384 e. The first-order valence-electron chi connectivity index (χ1n) is 11.4. The van der Waals surface area contributed by atoms with Gasteiger partial charge in [-0.1, -0.05) is 86.9 Å². The zero-order valence-electron chi connectivity index (χ0n) is 19.2. The molecule has 1 aliphatic rings. The fraction of sp³-hybridized carbons (Fsp3) is 0.233. The molecule has 1 heterocycles. The predicted molar refractivity (Wildman–Crippen MR) is 142 cm³/mol. The molecule has 1 aromatic carbocycles. The van der Waals surface area contributed by atoms with Gasteiger partial charge in [-0.15, -0.1) is 0 Å². The van der Waals surface area contributed by atoms with Crippen LogP contribution in [0.4, 0.5) is 5.69 Å². The first-order chi connectivity index (χ1) is 15.6. The number of benzene rings is 1. The summed E-state index contributed by atoms with van der Waals surface area (Å²) in [5.74, 6) is 0. The van der Waals surface area contributed by atoms with Gasteiger partial charge in [0.15, 0.2) is 0 Å². The molecule has 2 nitrogen and oxygen atoms in total. The molecule has 32 heavy (non-hydrogen) atoms. The summed E-state index contributed by atoms with van der Waals surface area (Å²) in [6, 6.07) is 6.03. The van der Waals surface area contributed by atoms with Gasteiger partial charge in [0.2, 0.25) is 0 Å². The molecule has 0 spiro atoms. The highest BCUT2D eigenvalue weighted by atomic mass is 14.9. The molecular weight excluding hydrogens is 388 g/mol. The Kier molecular flexibility index (Phi) is 8.62. The van der Waals surface area contributed by atoms with Crippen molar-refractivity contribution in [1.82, 2.24) is 4.98 Å². The van der Waals surface area contributed by atoms with Crippen LogP contribution < -0.4 is 15.8 Å². The normalized spacial score (nSPS) is 14.3. The molecule has 3 rings (SSSR count). The molecule has 1 aromatic heterocycles. The van der Waals surface area contributed by atoms with Crippen LogP contribution in [0.15, 0.2) is 96.3 Å². The van der Waals surface area contributed by atoms with Crippen LogP contribution in [0.5, 0.6) is 0 Å². The molecule has 0 aliphatic heterocycles. The predicted octanol–water partition coefficient (Wildman–Crippen LogP) is 6.53. The second-order valence-corrected chi connectivity index (χ2v) is 8.07. The Labute approximate surface area is 192 Å². The van der Waals surface area contributed by atoms with Crippen molar-refractivity contribution in [3.63, 3.8) is 0 Å². The third kappa shape index (κ3) is 6.31. The van der Waals surface area contributed by atoms with Crippen LogP contribution in [0.3, 0.4) is 0 Å². The lowest BCUT2D eigenvalue weighted by atomic mass is 10.0. The van der Waals surface area contributed by atoms with Crippen molar-refractivity contribution in [2.24, 2.45) is 0 Å². The molecular formula is C30H34N2. The fourth-order valence-corrected chi connectivity index (χ4v) is 3.82. The Morgan fingerprint density at radius 1 is 1.19 bits per heavy atom. The molecule has 0 unspecified atom stereocenters. The zero-order chi connectivity index (χ0) is 22.8. The largest absolute Gasteiger partial charge is 0.384 e. The minimum absolute atomic E-state index is 0.803. The van der Waals surface area contributed by atoms with Crippen molar-refractivity contribution < 1.29 is 0 Å². The van der Waals surface area contributed by atoms with Crippen LogP contribution in [0.25, 0.3) is 24.1 Å². The first-order valence-corrected chi connectivity index (χ1v) is 11.4. The molecule has 0 fully saturated rings. The molecule has 0 saturated heterocycles. The molecule has 1 N–H and O–H groups in total. The molecule has 2 heteroatoms. The topological polar surface area (TPSA) is 24.9 Å². The molecule has 0 atom stereocenters. The van der Waals surface area contributed by atoms with E-state index in [-0.39, 0.29) is 0 Å². The Hall–Kier alpha value is -3.39. The highest BCUT2D eigenvalue weighted by molar-refractivity contribution is 5.83. The maximum absolute atomic E-state index is 4.49. The van der Waals surface area contributed by atoms with Crippen molar-refractivity contribution >= 4 is 29.7 Å². The second kappa shape index (κ2) is 11.9. The van der Waals surface area contributed by atoms with Gasteiger partial charge in [0, 0.05) is 29.0 Å². The lowest BCUT2D eigenvalue weighted by Crippen LogP contribution is -2.18. The monoisotopic (exact) mass is 422 g/mol. The van der Waals surface area contributed by atoms with E-state index in [1.165, 1.54) is 16.7 Å². The molecule has 0 saturated carbocycles. The van der Waals surface area contributed by atoms with Crippen LogP contribution in [0.1, 0.15) is 39.0 Å². The maximum Gasteiger partial charge on any atom is 0.0794 e. The first kappa shape index (κ1) is 23.3. The Balaban J connectivity index is 1.61. The molecule has 0 radical (unpaired) electrons. The number of pyridine rings is 1. The third-order valence-electron chi connectivity index (χ3n) is 5.85. The van der Waals surface area contributed by atoms with Gasteiger partial charge in [-0.25, -0.2) is 0 Å². The smallest absolute Gasteiger partial charge is 0.0794 e. The van der Waals surface area contributed by atoms with Gasteiger partial charge in [-0.2, -0.15) is 0 Å². The molecule has 0 bridgehead atoms. The summed E-state index contributed by atoms with van der Waals surface area (Å²) in [5, 5.41) is 6.45. The number of hydrogen-bond acceptors (Lipinski definition) is 2. The van der Waals surface area contributed by atoms with Crippen molar-refractivity contribution in [3.05, 3.63) is 107 Å². The van der Waals surface area contributed by atoms with Crippen LogP contribution in [0, 0.1) is 0 Å². The minimum atomic E-state index is 0.803. The summed E-state index contributed by atoms with van der Waals surface area (Å²) in [6.07, 6.45) is 24.4. The van der Waals surface area contributed by atoms with Gasteiger partial charge >= 0.3 is 0 Å². The number of rotatable bonds is 10. The number of allylic oxidation sites excluding steroid dienone is 10. The number of nitrogens with one attached hydrogen (secondary N) is 1. The van der Waals surface area contributed by atoms with Gasteiger partial charge in [-0.3, -0.25) is 4.98 Å². The maximum atomic E-state index is 4.49. The standard InChI is InChI=1S/C30H34N2/c1-5-25(17-18-27-12-9-7-8-10-13-27)15-16-26(6-2)19-21-31-29-22-23(3)28-14-11-20-32-30(28)24(29)4/h6-7,9-16,20,22,31H,2-5,8,17-19,21H2,1H3/b25-15+,26-16+. The SMILES string of the molecule is C=C/C(=C\C=C(/CC)CCC1=CC=CCC=C1)CCNc1cc(=C)c2cccnc2c1=C. The third-order valence-corrected chi connectivity index (χ3v) is 5.85. The summed E-state index contributed by atoms with van der Waals surface area (Å²) in [6.45, 7) is 15.4. The number of nitrogens with zero attached hydrogens (tertiary/aromatic N) is 1. The number of fused-ring (bicyclic) bond motifs is 1. The second-order valence-electron chi connectivity index (χ2n) is 8.07. The van der Waals surface area contributed by atoms with E-state index < -0.39 is 0 Å². The summed E-state index contributed by atoms with van der Waals surface area (Å²) >= 11 is 0. The van der Waals surface area contributed by atoms with Gasteiger partial charge in [0.25, 0.3) is 0 Å². The summed E-state index contributed by atoms with van der Waals surface area (Å²) in [7, 11) is 0. The number of aromatic nitrogens is 1. The van der Waals surface area contributed by atoms with Crippen LogP contribution >= 0.6 is 0 Å². The number of hydrogen-bond donors (Lipinski definition) is 1. The van der Waals surface area contributed by atoms with Crippen LogP contribution in [-0.2, 0) is 0 Å². The van der Waals surface area contributed by atoms with E-state index >= 15 is 0 Å². The zero-order valence-corrected chi connectivity index (χ0v) is 19.2. The molecule has 2 aromatic rings. The van der Waals surface area contributed by atoms with Crippen molar-refractivity contribution in [3.8, 4) is 0 Å². The quantitative estimate of drug-likeness (QED) is 0.440. The van der Waals surface area contributed by atoms with Gasteiger partial charge < -0.3 is 5.32 Å². The van der Waals surface area contributed by atoms with E-state index in [9.17, 15) is 0 Å². The van der Waals surface area contributed by atoms with E-state index in [0.29, 0.717) is 0 Å². The molecule has 1 aliphatic carbocycles. The van der Waals surface area contributed by atoms with E-state index in [4.69, 9.17) is 0 Å². The fourth-order valence-electron chi connectivity index (χ4n) is 3.82. The Bertz CT molecular complexity index is 1210. The number of anilines is 1. The highest BCUT2D eigenvalue weighted by Crippen LogP contribution is 2.18. The van der Waals surface area contributed by atoms with E-state index in [1.807, 2.05) is 18.2 Å². The van der Waals surface area contributed by atoms with Gasteiger partial charge in [-0.05, 0) is 60.6 Å². The van der Waals surface area contributed by atoms with E-state index in [0.717, 1.165) is 65.7 Å². The molecule has 164 valence electrons. The highest BCUT2D eigenvalue weighted by Gasteiger charge is 2.03. The van der Waals surface area contributed by atoms with E-state index in [2.05, 4.69) is 85.6 Å². The Morgan fingerprint density at radius 3 is 2.88 bits per heavy atom. The Morgan fingerprint density at radius 2 is 2.06 bits per heavy atom. The lowest BCUT2D eigenvalue weighted by molar-refractivity contribution is 0.887. The molecule has 0 amide bonds. The van der Waals surface area contributed by atoms with Crippen molar-refractivity contribution in [2.75, 3.05) is 11.9 Å². The summed E-state index contributed by atoms with van der Waals surface area (Å²) in [4.78, 5) is 4.49. The average Bonchev–Trinajstić information content (AvgIpc) is 3.10. The average molecular weight is 423 g/mol. The van der Waals surface area contributed by atoms with Crippen LogP contribution in [0.2, 0.25) is 0 Å². The van der Waals surface area contributed by atoms with Crippen molar-refractivity contribution in [2.45, 2.75) is 39.0 Å². The van der Waals surface area contributed by atoms with Gasteiger partial charge in [0.05, 0.1) is 5.52 Å². The van der Waals surface area contributed by atoms with Gasteiger partial charge in [0.1, 0.15) is 0 Å². The lowest BCUT2D eigenvalue weighted by Gasteiger charge is -2.10. The van der Waals surface area contributed by atoms with Crippen molar-refractivity contribution in [1.29, 1.82) is 0 Å². The summed E-state index contributed by atoms with van der Waals surface area (Å²) < 4.78 is 0. The van der Waals surface area contributed by atoms with Crippen LogP contribution in [-0.4, -0.2) is 11.5 Å². The van der Waals surface area contributed by atoms with E-state index in [1.54, 1.807) is 6.20 Å². The summed E-state index contributed by atoms with van der Waals surface area (Å²) in [5.41, 5.74) is 5.98.